The summed E-state index contributed by atoms with van der Waals surface area (Å²) in [5, 5.41) is 6.21. The number of rotatable bonds is 10. The Labute approximate surface area is 194 Å². The first-order chi connectivity index (χ1) is 15.3. The fraction of sp³-hybridized carbons (Fsp3) is 0.182. The summed E-state index contributed by atoms with van der Waals surface area (Å²) in [4.78, 5) is 46.6. The second-order valence-corrected chi connectivity index (χ2v) is 7.23. The highest BCUT2D eigenvalue weighted by atomic mass is 35.5. The van der Waals surface area contributed by atoms with Crippen LogP contribution >= 0.6 is 23.2 Å². The molecule has 0 saturated heterocycles. The third-order valence-electron chi connectivity index (χ3n) is 3.80. The van der Waals surface area contributed by atoms with E-state index in [1.807, 2.05) is 0 Å². The maximum atomic E-state index is 11.7. The number of carbonyl (C=O) groups is 4. The maximum absolute atomic E-state index is 11.7. The summed E-state index contributed by atoms with van der Waals surface area (Å²) in [5.41, 5.74) is 1.58. The fourth-order valence-electron chi connectivity index (χ4n) is 2.30. The number of hydrogen-bond acceptors (Lipinski definition) is 6. The first-order valence-corrected chi connectivity index (χ1v) is 10.1. The van der Waals surface area contributed by atoms with Crippen LogP contribution in [0.4, 0.5) is 0 Å². The molecule has 0 spiro atoms. The Hall–Kier alpha value is -3.36. The maximum Gasteiger partial charge on any atom is 0.331 e. The summed E-state index contributed by atoms with van der Waals surface area (Å²) >= 11 is 11.7. The molecule has 168 valence electrons. The highest BCUT2D eigenvalue weighted by molar-refractivity contribution is 6.30. The summed E-state index contributed by atoms with van der Waals surface area (Å²) < 4.78 is 9.45. The van der Waals surface area contributed by atoms with E-state index in [4.69, 9.17) is 32.7 Å². The van der Waals surface area contributed by atoms with Crippen molar-refractivity contribution >= 4 is 47.0 Å². The lowest BCUT2D eigenvalue weighted by molar-refractivity contribution is -0.145. The predicted molar refractivity (Wildman–Crippen MR) is 118 cm³/mol. The van der Waals surface area contributed by atoms with E-state index < -0.39 is 37.0 Å². The van der Waals surface area contributed by atoms with Crippen LogP contribution in [0, 0.1) is 0 Å². The van der Waals surface area contributed by atoms with Gasteiger partial charge in [-0.25, -0.2) is 9.59 Å². The molecule has 0 atom stereocenters. The zero-order valence-electron chi connectivity index (χ0n) is 16.8. The molecule has 2 aromatic carbocycles. The molecule has 0 aliphatic rings. The van der Waals surface area contributed by atoms with Crippen molar-refractivity contribution in [3.8, 4) is 0 Å². The monoisotopic (exact) mass is 478 g/mol. The van der Waals surface area contributed by atoms with E-state index in [-0.39, 0.29) is 13.1 Å². The Bertz CT molecular complexity index is 930. The average molecular weight is 479 g/mol. The highest BCUT2D eigenvalue weighted by Gasteiger charge is 2.08. The highest BCUT2D eigenvalue weighted by Crippen LogP contribution is 2.11. The van der Waals surface area contributed by atoms with Gasteiger partial charge in [0.2, 0.25) is 0 Å². The van der Waals surface area contributed by atoms with Gasteiger partial charge in [-0.1, -0.05) is 47.5 Å². The summed E-state index contributed by atoms with van der Waals surface area (Å²) in [6, 6.07) is 13.9. The standard InChI is InChI=1S/C22H20Cl2N2O6/c23-17-5-1-3-15(9-17)11-25-19(27)13-31-21(29)7-8-22(30)32-14-20(28)26-12-16-4-2-6-18(24)10-16/h1-10H,11-14H2,(H,25,27)(H,26,28). The number of benzene rings is 2. The molecule has 0 unspecified atom stereocenters. The fourth-order valence-corrected chi connectivity index (χ4v) is 2.73. The van der Waals surface area contributed by atoms with Crippen LogP contribution < -0.4 is 10.6 Å². The molecule has 0 aliphatic carbocycles. The molecule has 2 N–H and O–H groups in total. The summed E-state index contributed by atoms with van der Waals surface area (Å²) in [6.45, 7) is -0.605. The zero-order valence-corrected chi connectivity index (χ0v) is 18.3. The molecule has 0 bridgehead atoms. The number of hydrogen-bond donors (Lipinski definition) is 2. The van der Waals surface area contributed by atoms with Crippen molar-refractivity contribution in [2.24, 2.45) is 0 Å². The van der Waals surface area contributed by atoms with Gasteiger partial charge in [0.1, 0.15) is 0 Å². The lowest BCUT2D eigenvalue weighted by Gasteiger charge is -2.06. The van der Waals surface area contributed by atoms with E-state index in [2.05, 4.69) is 10.6 Å². The summed E-state index contributed by atoms with van der Waals surface area (Å²) in [6.07, 6.45) is 1.60. The Morgan fingerprint density at radius 2 is 1.12 bits per heavy atom. The van der Waals surface area contributed by atoms with Crippen molar-refractivity contribution in [2.45, 2.75) is 13.1 Å². The Morgan fingerprint density at radius 3 is 1.50 bits per heavy atom. The number of esters is 2. The van der Waals surface area contributed by atoms with Crippen LogP contribution in [0.1, 0.15) is 11.1 Å². The first-order valence-electron chi connectivity index (χ1n) is 9.35. The van der Waals surface area contributed by atoms with Crippen molar-refractivity contribution in [3.05, 3.63) is 81.9 Å². The molecule has 0 saturated carbocycles. The van der Waals surface area contributed by atoms with Crippen LogP contribution in [0.3, 0.4) is 0 Å². The van der Waals surface area contributed by atoms with Gasteiger partial charge in [0.05, 0.1) is 0 Å². The molecule has 32 heavy (non-hydrogen) atoms. The summed E-state index contributed by atoms with van der Waals surface area (Å²) in [7, 11) is 0. The lowest BCUT2D eigenvalue weighted by atomic mass is 10.2. The van der Waals surface area contributed by atoms with E-state index in [1.165, 1.54) is 0 Å². The quantitative estimate of drug-likeness (QED) is 0.401. The minimum Gasteiger partial charge on any atom is -0.452 e. The van der Waals surface area contributed by atoms with Gasteiger partial charge < -0.3 is 20.1 Å². The van der Waals surface area contributed by atoms with Gasteiger partial charge >= 0.3 is 11.9 Å². The molecule has 0 aromatic heterocycles. The number of carbonyl (C=O) groups excluding carboxylic acids is 4. The SMILES string of the molecule is O=C(COC(=O)C=CC(=O)OCC(=O)NCc1cccc(Cl)c1)NCc1cccc(Cl)c1. The molecule has 2 aromatic rings. The van der Waals surface area contributed by atoms with Gasteiger partial charge in [0.25, 0.3) is 11.8 Å². The summed E-state index contributed by atoms with van der Waals surface area (Å²) in [5.74, 6) is -2.87. The van der Waals surface area contributed by atoms with E-state index in [0.29, 0.717) is 10.0 Å². The Morgan fingerprint density at radius 1 is 0.719 bits per heavy atom. The second kappa shape index (κ2) is 13.1. The topological polar surface area (TPSA) is 111 Å². The van der Waals surface area contributed by atoms with E-state index >= 15 is 0 Å². The number of ether oxygens (including phenoxy) is 2. The van der Waals surface area contributed by atoms with Gasteiger partial charge in [0, 0.05) is 35.3 Å². The molecule has 0 fully saturated rings. The zero-order chi connectivity index (χ0) is 23.3. The molecule has 2 rings (SSSR count). The number of nitrogens with one attached hydrogen (secondary N) is 2. The molecular weight excluding hydrogens is 459 g/mol. The van der Waals surface area contributed by atoms with Crippen molar-refractivity contribution in [3.63, 3.8) is 0 Å². The van der Waals surface area contributed by atoms with E-state index in [1.54, 1.807) is 48.5 Å². The van der Waals surface area contributed by atoms with Crippen LogP contribution in [0.2, 0.25) is 10.0 Å². The van der Waals surface area contributed by atoms with Crippen LogP contribution in [-0.4, -0.2) is 37.0 Å². The van der Waals surface area contributed by atoms with Crippen LogP contribution in [-0.2, 0) is 41.7 Å². The van der Waals surface area contributed by atoms with Gasteiger partial charge in [-0.2, -0.15) is 0 Å². The van der Waals surface area contributed by atoms with Crippen molar-refractivity contribution in [2.75, 3.05) is 13.2 Å². The van der Waals surface area contributed by atoms with Crippen molar-refractivity contribution < 1.29 is 28.7 Å². The normalized spacial score (nSPS) is 10.4. The molecule has 0 radical (unpaired) electrons. The van der Waals surface area contributed by atoms with Crippen LogP contribution in [0.5, 0.6) is 0 Å². The predicted octanol–water partition coefficient (Wildman–Crippen LogP) is 2.57. The minimum atomic E-state index is -0.912. The Balaban J connectivity index is 1.61. The lowest BCUT2D eigenvalue weighted by Crippen LogP contribution is -2.28. The van der Waals surface area contributed by atoms with Crippen molar-refractivity contribution in [1.29, 1.82) is 0 Å². The Kier molecular flexibility index (Phi) is 10.2. The first kappa shape index (κ1) is 24.9. The van der Waals surface area contributed by atoms with E-state index in [0.717, 1.165) is 23.3 Å². The van der Waals surface area contributed by atoms with Gasteiger partial charge in [-0.15, -0.1) is 0 Å². The molecular formula is C22H20Cl2N2O6. The number of amides is 2. The number of halogens is 2. The smallest absolute Gasteiger partial charge is 0.331 e. The van der Waals surface area contributed by atoms with Gasteiger partial charge in [-0.3, -0.25) is 9.59 Å². The van der Waals surface area contributed by atoms with Crippen LogP contribution in [0.25, 0.3) is 0 Å². The third-order valence-corrected chi connectivity index (χ3v) is 4.27. The van der Waals surface area contributed by atoms with Gasteiger partial charge in [0.15, 0.2) is 13.2 Å². The van der Waals surface area contributed by atoms with Crippen molar-refractivity contribution in [1.82, 2.24) is 10.6 Å². The second-order valence-electron chi connectivity index (χ2n) is 6.36. The molecule has 0 heterocycles. The average Bonchev–Trinajstić information content (AvgIpc) is 2.77. The molecule has 2 amide bonds. The molecule has 10 heteroatoms. The minimum absolute atomic E-state index is 0.221. The molecule has 8 nitrogen and oxygen atoms in total. The van der Waals surface area contributed by atoms with E-state index in [9.17, 15) is 19.2 Å². The third kappa shape index (κ3) is 10.1. The van der Waals surface area contributed by atoms with Gasteiger partial charge in [-0.05, 0) is 35.4 Å². The largest absolute Gasteiger partial charge is 0.452 e. The van der Waals surface area contributed by atoms with Crippen LogP contribution in [0.15, 0.2) is 60.7 Å². The molecule has 0 aliphatic heterocycles.